The van der Waals surface area contributed by atoms with Crippen LogP contribution in [0.15, 0.2) is 42.5 Å². The van der Waals surface area contributed by atoms with Gasteiger partial charge in [0, 0.05) is 11.5 Å². The third kappa shape index (κ3) is 4.36. The molecule has 3 rings (SSSR count). The topological polar surface area (TPSA) is 88.0 Å². The largest absolute Gasteiger partial charge is 0.493 e. The predicted molar refractivity (Wildman–Crippen MR) is 102 cm³/mol. The number of aliphatic hydroxyl groups is 2. The lowest BCUT2D eigenvalue weighted by molar-refractivity contribution is -0.137. The molecule has 0 radical (unpaired) electrons. The molecule has 6 nitrogen and oxygen atoms in total. The molecule has 9 heteroatoms. The van der Waals surface area contributed by atoms with Crippen molar-refractivity contribution in [2.45, 2.75) is 36.8 Å². The van der Waals surface area contributed by atoms with E-state index in [9.17, 15) is 28.2 Å². The number of carbonyl (C=O) groups excluding carboxylic acids is 1. The monoisotopic (exact) mass is 425 g/mol. The first-order chi connectivity index (χ1) is 14.2. The highest BCUT2D eigenvalue weighted by atomic mass is 19.4. The number of aliphatic hydroxyl groups excluding tert-OH is 2. The molecule has 0 saturated heterocycles. The summed E-state index contributed by atoms with van der Waals surface area (Å²) < 4.78 is 48.8. The predicted octanol–water partition coefficient (Wildman–Crippen LogP) is 2.73. The highest BCUT2D eigenvalue weighted by Crippen LogP contribution is 2.37. The van der Waals surface area contributed by atoms with Crippen molar-refractivity contribution in [3.05, 3.63) is 59.2 Å². The molecule has 0 aliphatic heterocycles. The standard InChI is InChI=1S/C21H22F3NO5/c1-29-16-8-5-12(9-17(16)30-2)20(28)25-18-14(10-15(26)19(18)27)11-3-6-13(7-4-11)21(22,23)24/h3-9,14-15,18-19,26-27H,10H2,1-2H3,(H,25,28)/t14-,15-,18-,19-/m1/s1. The highest BCUT2D eigenvalue weighted by molar-refractivity contribution is 5.95. The molecule has 3 N–H and O–H groups in total. The van der Waals surface area contributed by atoms with E-state index in [1.54, 1.807) is 6.07 Å². The smallest absolute Gasteiger partial charge is 0.416 e. The lowest BCUT2D eigenvalue weighted by Gasteiger charge is -2.24. The molecule has 1 aliphatic rings. The second kappa shape index (κ2) is 8.53. The van der Waals surface area contributed by atoms with Crippen LogP contribution in [0.2, 0.25) is 0 Å². The Balaban J connectivity index is 1.83. The zero-order chi connectivity index (χ0) is 22.1. The number of nitrogens with one attached hydrogen (secondary N) is 1. The molecule has 30 heavy (non-hydrogen) atoms. The number of benzene rings is 2. The number of alkyl halides is 3. The Morgan fingerprint density at radius 1 is 1.03 bits per heavy atom. The molecule has 1 amide bonds. The van der Waals surface area contributed by atoms with Gasteiger partial charge in [-0.3, -0.25) is 4.79 Å². The Bertz CT molecular complexity index is 901. The molecule has 0 heterocycles. The molecule has 162 valence electrons. The van der Waals surface area contributed by atoms with Crippen molar-refractivity contribution in [2.75, 3.05) is 14.2 Å². The molecule has 0 aromatic heterocycles. The normalized spacial score (nSPS) is 23.8. The van der Waals surface area contributed by atoms with Crippen LogP contribution in [0.5, 0.6) is 11.5 Å². The number of amides is 1. The van der Waals surface area contributed by atoms with Gasteiger partial charge in [0.2, 0.25) is 0 Å². The van der Waals surface area contributed by atoms with Gasteiger partial charge in [-0.05, 0) is 42.3 Å². The Morgan fingerprint density at radius 2 is 1.67 bits per heavy atom. The first kappa shape index (κ1) is 21.9. The maximum Gasteiger partial charge on any atom is 0.416 e. The van der Waals surface area contributed by atoms with Crippen LogP contribution in [-0.2, 0) is 6.18 Å². The summed E-state index contributed by atoms with van der Waals surface area (Å²) in [5.41, 5.74) is -0.0696. The average molecular weight is 425 g/mol. The summed E-state index contributed by atoms with van der Waals surface area (Å²) in [4.78, 5) is 12.7. The van der Waals surface area contributed by atoms with E-state index in [0.29, 0.717) is 17.1 Å². The van der Waals surface area contributed by atoms with E-state index in [4.69, 9.17) is 9.47 Å². The number of ether oxygens (including phenoxy) is 2. The molecular weight excluding hydrogens is 403 g/mol. The first-order valence-corrected chi connectivity index (χ1v) is 9.22. The zero-order valence-electron chi connectivity index (χ0n) is 16.3. The Kier molecular flexibility index (Phi) is 6.23. The molecular formula is C21H22F3NO5. The van der Waals surface area contributed by atoms with E-state index in [0.717, 1.165) is 12.1 Å². The molecule has 1 fully saturated rings. The van der Waals surface area contributed by atoms with Crippen LogP contribution >= 0.6 is 0 Å². The van der Waals surface area contributed by atoms with Crippen molar-refractivity contribution >= 4 is 5.91 Å². The van der Waals surface area contributed by atoms with E-state index < -0.39 is 41.8 Å². The number of halogens is 3. The van der Waals surface area contributed by atoms with Crippen molar-refractivity contribution in [2.24, 2.45) is 0 Å². The Hall–Kier alpha value is -2.78. The number of carbonyl (C=O) groups is 1. The summed E-state index contributed by atoms with van der Waals surface area (Å²) in [6, 6.07) is 8.15. The van der Waals surface area contributed by atoms with Gasteiger partial charge in [0.05, 0.1) is 31.9 Å². The number of methoxy groups -OCH3 is 2. The molecule has 0 unspecified atom stereocenters. The molecule has 1 saturated carbocycles. The van der Waals surface area contributed by atoms with Gasteiger partial charge in [0.15, 0.2) is 11.5 Å². The average Bonchev–Trinajstić information content (AvgIpc) is 3.01. The number of hydrogen-bond donors (Lipinski definition) is 3. The van der Waals surface area contributed by atoms with Gasteiger partial charge in [-0.25, -0.2) is 0 Å². The number of hydrogen-bond acceptors (Lipinski definition) is 5. The molecule has 2 aromatic carbocycles. The quantitative estimate of drug-likeness (QED) is 0.686. The minimum Gasteiger partial charge on any atom is -0.493 e. The van der Waals surface area contributed by atoms with Gasteiger partial charge in [-0.2, -0.15) is 13.2 Å². The maximum absolute atomic E-state index is 12.8. The summed E-state index contributed by atoms with van der Waals surface area (Å²) in [6.45, 7) is 0. The first-order valence-electron chi connectivity index (χ1n) is 9.22. The van der Waals surface area contributed by atoms with Gasteiger partial charge < -0.3 is 25.0 Å². The van der Waals surface area contributed by atoms with Crippen molar-refractivity contribution in [1.29, 1.82) is 0 Å². The van der Waals surface area contributed by atoms with Gasteiger partial charge in [0.1, 0.15) is 6.10 Å². The van der Waals surface area contributed by atoms with E-state index >= 15 is 0 Å². The van der Waals surface area contributed by atoms with Gasteiger partial charge >= 0.3 is 6.18 Å². The van der Waals surface area contributed by atoms with Crippen molar-refractivity contribution in [3.8, 4) is 11.5 Å². The lowest BCUT2D eigenvalue weighted by Crippen LogP contribution is -2.45. The van der Waals surface area contributed by atoms with Crippen LogP contribution < -0.4 is 14.8 Å². The third-order valence-electron chi connectivity index (χ3n) is 5.30. The van der Waals surface area contributed by atoms with Crippen molar-refractivity contribution in [3.63, 3.8) is 0 Å². The Labute approximate surface area is 171 Å². The minimum atomic E-state index is -4.46. The summed E-state index contributed by atoms with van der Waals surface area (Å²) in [5, 5.41) is 23.2. The SMILES string of the molecule is COc1ccc(C(=O)N[C@H]2[C@H](O)[C@H](O)C[C@@H]2c2ccc(C(F)(F)F)cc2)cc1OC. The second-order valence-electron chi connectivity index (χ2n) is 7.09. The van der Waals surface area contributed by atoms with Crippen LogP contribution in [0.25, 0.3) is 0 Å². The van der Waals surface area contributed by atoms with Crippen LogP contribution in [0.3, 0.4) is 0 Å². The summed E-state index contributed by atoms with van der Waals surface area (Å²) in [5.74, 6) is -0.295. The van der Waals surface area contributed by atoms with Crippen molar-refractivity contribution < 1.29 is 37.7 Å². The highest BCUT2D eigenvalue weighted by Gasteiger charge is 2.43. The molecule has 4 atom stereocenters. The van der Waals surface area contributed by atoms with Gasteiger partial charge in [-0.15, -0.1) is 0 Å². The molecule has 0 bridgehead atoms. The molecule has 2 aromatic rings. The summed E-state index contributed by atoms with van der Waals surface area (Å²) in [7, 11) is 2.89. The van der Waals surface area contributed by atoms with E-state index in [1.807, 2.05) is 0 Å². The zero-order valence-corrected chi connectivity index (χ0v) is 16.3. The third-order valence-corrected chi connectivity index (χ3v) is 5.30. The van der Waals surface area contributed by atoms with Crippen LogP contribution in [0.4, 0.5) is 13.2 Å². The molecule has 0 spiro atoms. The number of rotatable bonds is 5. The fraction of sp³-hybridized carbons (Fsp3) is 0.381. The van der Waals surface area contributed by atoms with E-state index in [-0.39, 0.29) is 12.0 Å². The summed E-state index contributed by atoms with van der Waals surface area (Å²) in [6.07, 6.45) is -6.74. The molecule has 1 aliphatic carbocycles. The van der Waals surface area contributed by atoms with Crippen LogP contribution in [-0.4, -0.2) is 48.6 Å². The van der Waals surface area contributed by atoms with Gasteiger partial charge in [0.25, 0.3) is 5.91 Å². The van der Waals surface area contributed by atoms with Gasteiger partial charge in [-0.1, -0.05) is 12.1 Å². The van der Waals surface area contributed by atoms with Crippen LogP contribution in [0.1, 0.15) is 33.8 Å². The van der Waals surface area contributed by atoms with Crippen LogP contribution in [0, 0.1) is 0 Å². The Morgan fingerprint density at radius 3 is 2.23 bits per heavy atom. The van der Waals surface area contributed by atoms with Crippen molar-refractivity contribution in [1.82, 2.24) is 5.32 Å². The fourth-order valence-corrected chi connectivity index (χ4v) is 3.68. The summed E-state index contributed by atoms with van der Waals surface area (Å²) >= 11 is 0. The maximum atomic E-state index is 12.8. The fourth-order valence-electron chi connectivity index (χ4n) is 3.68. The van der Waals surface area contributed by atoms with E-state index in [1.165, 1.54) is 38.5 Å². The lowest BCUT2D eigenvalue weighted by atomic mass is 9.92. The second-order valence-corrected chi connectivity index (χ2v) is 7.09. The van der Waals surface area contributed by atoms with E-state index in [2.05, 4.69) is 5.32 Å². The minimum absolute atomic E-state index is 0.101.